The topological polar surface area (TPSA) is 79.1 Å². The number of carbonyl (C=O) groups is 1. The minimum absolute atomic E-state index is 0.101. The molecule has 2 N–H and O–H groups in total. The molecule has 0 unspecified atom stereocenters. The number of aliphatic imine (C=N–C) groups is 1. The number of phenols is 2. The van der Waals surface area contributed by atoms with Crippen LogP contribution >= 0.6 is 0 Å². The van der Waals surface area contributed by atoms with Crippen LogP contribution in [0.4, 0.5) is 5.69 Å². The van der Waals surface area contributed by atoms with Crippen molar-refractivity contribution in [2.24, 2.45) is 4.99 Å². The fourth-order valence-corrected chi connectivity index (χ4v) is 1.61. The first kappa shape index (κ1) is 13.6. The van der Waals surface area contributed by atoms with Crippen LogP contribution in [0.2, 0.25) is 0 Å². The van der Waals surface area contributed by atoms with Crippen molar-refractivity contribution in [2.75, 3.05) is 7.11 Å². The van der Waals surface area contributed by atoms with Crippen molar-refractivity contribution < 1.29 is 19.7 Å². The lowest BCUT2D eigenvalue weighted by atomic mass is 10.1. The van der Waals surface area contributed by atoms with Crippen molar-refractivity contribution >= 4 is 17.9 Å². The zero-order valence-electron chi connectivity index (χ0n) is 10.8. The third kappa shape index (κ3) is 2.95. The van der Waals surface area contributed by atoms with Crippen molar-refractivity contribution in [2.45, 2.75) is 0 Å². The van der Waals surface area contributed by atoms with E-state index in [1.807, 2.05) is 0 Å². The van der Waals surface area contributed by atoms with Crippen LogP contribution in [0, 0.1) is 0 Å². The summed E-state index contributed by atoms with van der Waals surface area (Å²) in [5.41, 5.74) is 1.26. The number of esters is 1. The third-order valence-corrected chi connectivity index (χ3v) is 2.67. The molecule has 0 saturated heterocycles. The van der Waals surface area contributed by atoms with Gasteiger partial charge in [-0.3, -0.25) is 0 Å². The van der Waals surface area contributed by atoms with Gasteiger partial charge in [-0.2, -0.15) is 0 Å². The zero-order chi connectivity index (χ0) is 14.5. The smallest absolute Gasteiger partial charge is 0.337 e. The molecule has 0 heterocycles. The summed E-state index contributed by atoms with van der Waals surface area (Å²) < 4.78 is 4.60. The molecule has 2 rings (SSSR count). The molecule has 20 heavy (non-hydrogen) atoms. The number of para-hydroxylation sites is 1. The standard InChI is InChI=1S/C15H13NO4/c1-20-15(19)11-7-5-10(6-8-11)9-16-14-12(17)3-2-4-13(14)18/h2-9,17-18H,1H3. The van der Waals surface area contributed by atoms with Crippen LogP contribution in [0.25, 0.3) is 0 Å². The number of benzene rings is 2. The van der Waals surface area contributed by atoms with Crippen LogP contribution in [-0.2, 0) is 4.74 Å². The van der Waals surface area contributed by atoms with E-state index in [0.29, 0.717) is 5.56 Å². The molecule has 0 aliphatic heterocycles. The van der Waals surface area contributed by atoms with E-state index in [0.717, 1.165) is 5.56 Å². The number of carbonyl (C=O) groups excluding carboxylic acids is 1. The van der Waals surface area contributed by atoms with E-state index in [1.165, 1.54) is 31.5 Å². The number of ether oxygens (including phenoxy) is 1. The van der Waals surface area contributed by atoms with Gasteiger partial charge in [0.1, 0.15) is 17.2 Å². The van der Waals surface area contributed by atoms with E-state index in [-0.39, 0.29) is 17.2 Å². The Morgan fingerprint density at radius 1 is 1.10 bits per heavy atom. The fourth-order valence-electron chi connectivity index (χ4n) is 1.61. The highest BCUT2D eigenvalue weighted by atomic mass is 16.5. The Bertz CT molecular complexity index is 627. The van der Waals surface area contributed by atoms with Gasteiger partial charge < -0.3 is 14.9 Å². The fraction of sp³-hybridized carbons (Fsp3) is 0.0667. The van der Waals surface area contributed by atoms with Gasteiger partial charge in [0.2, 0.25) is 0 Å². The molecule has 5 nitrogen and oxygen atoms in total. The predicted octanol–water partition coefficient (Wildman–Crippen LogP) is 2.64. The summed E-state index contributed by atoms with van der Waals surface area (Å²) in [6, 6.07) is 11.0. The summed E-state index contributed by atoms with van der Waals surface area (Å²) in [5, 5.41) is 19.2. The predicted molar refractivity (Wildman–Crippen MR) is 74.8 cm³/mol. The van der Waals surface area contributed by atoms with Crippen molar-refractivity contribution in [1.82, 2.24) is 0 Å². The number of methoxy groups -OCH3 is 1. The number of rotatable bonds is 3. The summed E-state index contributed by atoms with van der Waals surface area (Å²) in [6.45, 7) is 0. The average Bonchev–Trinajstić information content (AvgIpc) is 2.46. The first-order valence-corrected chi connectivity index (χ1v) is 5.85. The number of phenolic OH excluding ortho intramolecular Hbond substituents is 2. The summed E-state index contributed by atoms with van der Waals surface area (Å²) in [4.78, 5) is 15.3. The largest absolute Gasteiger partial charge is 0.506 e. The maximum absolute atomic E-state index is 11.3. The van der Waals surface area contributed by atoms with Crippen molar-refractivity contribution in [1.29, 1.82) is 0 Å². The SMILES string of the molecule is COC(=O)c1ccc(C=Nc2c(O)cccc2O)cc1. The highest BCUT2D eigenvalue weighted by Crippen LogP contribution is 2.34. The molecule has 0 aliphatic carbocycles. The second-order valence-corrected chi connectivity index (χ2v) is 4.02. The van der Waals surface area contributed by atoms with E-state index in [9.17, 15) is 15.0 Å². The molecule has 102 valence electrons. The normalized spacial score (nSPS) is 10.7. The highest BCUT2D eigenvalue weighted by molar-refractivity contribution is 5.91. The summed E-state index contributed by atoms with van der Waals surface area (Å²) in [7, 11) is 1.32. The molecule has 5 heteroatoms. The second-order valence-electron chi connectivity index (χ2n) is 4.02. The lowest BCUT2D eigenvalue weighted by Crippen LogP contribution is -2.00. The Labute approximate surface area is 115 Å². The van der Waals surface area contributed by atoms with Crippen molar-refractivity contribution in [3.05, 3.63) is 53.6 Å². The van der Waals surface area contributed by atoms with Gasteiger partial charge >= 0.3 is 5.97 Å². The molecule has 0 amide bonds. The molecular formula is C15H13NO4. The van der Waals surface area contributed by atoms with Gasteiger partial charge in [-0.1, -0.05) is 18.2 Å². The van der Waals surface area contributed by atoms with Crippen molar-refractivity contribution in [3.8, 4) is 11.5 Å². The maximum Gasteiger partial charge on any atom is 0.337 e. The Morgan fingerprint density at radius 2 is 1.70 bits per heavy atom. The minimum Gasteiger partial charge on any atom is -0.506 e. The van der Waals surface area contributed by atoms with Gasteiger partial charge in [-0.25, -0.2) is 9.79 Å². The average molecular weight is 271 g/mol. The molecule has 0 bridgehead atoms. The van der Waals surface area contributed by atoms with Crippen LogP contribution in [0.1, 0.15) is 15.9 Å². The van der Waals surface area contributed by atoms with E-state index in [4.69, 9.17) is 0 Å². The summed E-state index contributed by atoms with van der Waals surface area (Å²) >= 11 is 0. The molecule has 0 aromatic heterocycles. The lowest BCUT2D eigenvalue weighted by Gasteiger charge is -2.01. The molecule has 0 radical (unpaired) electrons. The molecule has 2 aromatic rings. The quantitative estimate of drug-likeness (QED) is 0.664. The molecule has 0 saturated carbocycles. The third-order valence-electron chi connectivity index (χ3n) is 2.67. The Hall–Kier alpha value is -2.82. The number of nitrogens with zero attached hydrogens (tertiary/aromatic N) is 1. The van der Waals surface area contributed by atoms with Crippen LogP contribution in [0.15, 0.2) is 47.5 Å². The molecule has 2 aromatic carbocycles. The minimum atomic E-state index is -0.410. The first-order chi connectivity index (χ1) is 9.61. The summed E-state index contributed by atoms with van der Waals surface area (Å²) in [6.07, 6.45) is 1.48. The molecule has 0 fully saturated rings. The van der Waals surface area contributed by atoms with E-state index >= 15 is 0 Å². The van der Waals surface area contributed by atoms with Gasteiger partial charge in [0.05, 0.1) is 12.7 Å². The van der Waals surface area contributed by atoms with Crippen molar-refractivity contribution in [3.63, 3.8) is 0 Å². The van der Waals surface area contributed by atoms with Gasteiger partial charge in [0.25, 0.3) is 0 Å². The molecule has 0 atom stereocenters. The molecule has 0 spiro atoms. The first-order valence-electron chi connectivity index (χ1n) is 5.85. The number of hydrogen-bond donors (Lipinski definition) is 2. The zero-order valence-corrected chi connectivity index (χ0v) is 10.8. The van der Waals surface area contributed by atoms with Gasteiger partial charge in [-0.15, -0.1) is 0 Å². The maximum atomic E-state index is 11.3. The Morgan fingerprint density at radius 3 is 2.25 bits per heavy atom. The summed E-state index contributed by atoms with van der Waals surface area (Å²) in [5.74, 6) is -0.619. The van der Waals surface area contributed by atoms with Crippen LogP contribution in [-0.4, -0.2) is 29.5 Å². The Kier molecular flexibility index (Phi) is 4.00. The molecular weight excluding hydrogens is 258 g/mol. The van der Waals surface area contributed by atoms with E-state index in [1.54, 1.807) is 24.3 Å². The monoisotopic (exact) mass is 271 g/mol. The van der Waals surface area contributed by atoms with Gasteiger partial charge in [0, 0.05) is 6.21 Å². The van der Waals surface area contributed by atoms with E-state index < -0.39 is 5.97 Å². The molecule has 0 aliphatic rings. The number of hydrogen-bond acceptors (Lipinski definition) is 5. The second kappa shape index (κ2) is 5.88. The van der Waals surface area contributed by atoms with Crippen LogP contribution < -0.4 is 0 Å². The van der Waals surface area contributed by atoms with Crippen LogP contribution in [0.3, 0.4) is 0 Å². The van der Waals surface area contributed by atoms with E-state index in [2.05, 4.69) is 9.73 Å². The Balaban J connectivity index is 2.22. The highest BCUT2D eigenvalue weighted by Gasteiger charge is 2.05. The van der Waals surface area contributed by atoms with Gasteiger partial charge in [-0.05, 0) is 29.8 Å². The van der Waals surface area contributed by atoms with Gasteiger partial charge in [0.15, 0.2) is 0 Å². The lowest BCUT2D eigenvalue weighted by molar-refractivity contribution is 0.0600. The van der Waals surface area contributed by atoms with Crippen LogP contribution in [0.5, 0.6) is 11.5 Å². The number of aromatic hydroxyl groups is 2.